The van der Waals surface area contributed by atoms with Gasteiger partial charge in [-0.1, -0.05) is 39.8 Å². The maximum absolute atomic E-state index is 4.51. The molecule has 1 aliphatic carbocycles. The Morgan fingerprint density at radius 3 is 2.84 bits per heavy atom. The van der Waals surface area contributed by atoms with Gasteiger partial charge in [0.2, 0.25) is 0 Å². The van der Waals surface area contributed by atoms with Gasteiger partial charge in [-0.15, -0.1) is 0 Å². The minimum atomic E-state index is 0.746. The highest BCUT2D eigenvalue weighted by Gasteiger charge is 2.19. The zero-order valence-corrected chi connectivity index (χ0v) is 12.9. The van der Waals surface area contributed by atoms with Crippen molar-refractivity contribution in [1.29, 1.82) is 0 Å². The second kappa shape index (κ2) is 6.07. The van der Waals surface area contributed by atoms with Crippen molar-refractivity contribution in [2.24, 2.45) is 0 Å². The van der Waals surface area contributed by atoms with Gasteiger partial charge in [-0.3, -0.25) is 0 Å². The zero-order valence-electron chi connectivity index (χ0n) is 10.5. The summed E-state index contributed by atoms with van der Waals surface area (Å²) in [5, 5.41) is 4.53. The minimum Gasteiger partial charge on any atom is -0.310 e. The van der Waals surface area contributed by atoms with Crippen molar-refractivity contribution in [3.05, 3.63) is 52.6 Å². The third kappa shape index (κ3) is 4.06. The molecule has 19 heavy (non-hydrogen) atoms. The molecule has 1 heterocycles. The van der Waals surface area contributed by atoms with Gasteiger partial charge >= 0.3 is 0 Å². The molecule has 0 bridgehead atoms. The van der Waals surface area contributed by atoms with Crippen molar-refractivity contribution in [3.8, 4) is 0 Å². The molecule has 0 saturated heterocycles. The van der Waals surface area contributed by atoms with E-state index in [2.05, 4.69) is 50.5 Å². The molecular weight excluding hydrogens is 320 g/mol. The van der Waals surface area contributed by atoms with Crippen LogP contribution in [0.5, 0.6) is 0 Å². The van der Waals surface area contributed by atoms with Crippen molar-refractivity contribution >= 4 is 27.7 Å². The summed E-state index contributed by atoms with van der Waals surface area (Å²) < 4.78 is 1.10. The molecule has 2 aromatic rings. The average Bonchev–Trinajstić information content (AvgIpc) is 3.22. The molecule has 1 N–H and O–H groups in total. The zero-order chi connectivity index (χ0) is 13.1. The molecule has 0 atom stereocenters. The van der Waals surface area contributed by atoms with Crippen LogP contribution in [-0.4, -0.2) is 11.0 Å². The molecule has 0 spiro atoms. The van der Waals surface area contributed by atoms with Crippen LogP contribution in [0.3, 0.4) is 0 Å². The first-order chi connectivity index (χ1) is 9.29. The van der Waals surface area contributed by atoms with Crippen molar-refractivity contribution in [1.82, 2.24) is 10.3 Å². The summed E-state index contributed by atoms with van der Waals surface area (Å²) in [5.41, 5.74) is 1.26. The second-order valence-corrected chi connectivity index (χ2v) is 6.73. The number of pyridine rings is 1. The Balaban J connectivity index is 1.61. The van der Waals surface area contributed by atoms with Crippen LogP contribution in [0, 0.1) is 0 Å². The third-order valence-electron chi connectivity index (χ3n) is 2.99. The van der Waals surface area contributed by atoms with Crippen LogP contribution in [0.25, 0.3) is 0 Å². The molecule has 4 heteroatoms. The number of hydrogen-bond acceptors (Lipinski definition) is 3. The summed E-state index contributed by atoms with van der Waals surface area (Å²) in [6, 6.07) is 13.3. The average molecular weight is 335 g/mol. The van der Waals surface area contributed by atoms with Crippen molar-refractivity contribution in [3.63, 3.8) is 0 Å². The van der Waals surface area contributed by atoms with Crippen LogP contribution in [-0.2, 0) is 6.54 Å². The Morgan fingerprint density at radius 1 is 1.26 bits per heavy atom. The summed E-state index contributed by atoms with van der Waals surface area (Å²) in [4.78, 5) is 5.71. The Bertz CT molecular complexity index is 552. The molecule has 1 fully saturated rings. The van der Waals surface area contributed by atoms with E-state index in [9.17, 15) is 0 Å². The Kier molecular flexibility index (Phi) is 4.21. The van der Waals surface area contributed by atoms with E-state index in [1.165, 1.54) is 23.3 Å². The lowest BCUT2D eigenvalue weighted by Gasteiger charge is -2.05. The Hall–Kier alpha value is -0.840. The number of benzene rings is 1. The van der Waals surface area contributed by atoms with E-state index in [1.807, 2.05) is 18.3 Å². The lowest BCUT2D eigenvalue weighted by Crippen LogP contribution is -2.15. The van der Waals surface area contributed by atoms with Crippen LogP contribution in [0.1, 0.15) is 18.4 Å². The largest absolute Gasteiger partial charge is 0.310 e. The highest BCUT2D eigenvalue weighted by molar-refractivity contribution is 9.10. The van der Waals surface area contributed by atoms with Crippen molar-refractivity contribution in [2.75, 3.05) is 0 Å². The third-order valence-corrected chi connectivity index (χ3v) is 4.42. The summed E-state index contributed by atoms with van der Waals surface area (Å²) >= 11 is 5.17. The monoisotopic (exact) mass is 334 g/mol. The fraction of sp³-hybridized carbons (Fsp3) is 0.267. The van der Waals surface area contributed by atoms with Gasteiger partial charge in [-0.05, 0) is 42.7 Å². The maximum atomic E-state index is 4.51. The molecule has 98 valence electrons. The molecule has 3 rings (SSSR count). The Morgan fingerprint density at radius 2 is 2.16 bits per heavy atom. The first-order valence-electron chi connectivity index (χ1n) is 6.41. The van der Waals surface area contributed by atoms with Gasteiger partial charge < -0.3 is 5.32 Å². The second-order valence-electron chi connectivity index (χ2n) is 4.72. The molecule has 1 aliphatic rings. The highest BCUT2D eigenvalue weighted by atomic mass is 79.9. The Labute approximate surface area is 126 Å². The van der Waals surface area contributed by atoms with E-state index < -0.39 is 0 Å². The first kappa shape index (κ1) is 13.2. The normalized spacial score (nSPS) is 14.6. The lowest BCUT2D eigenvalue weighted by atomic mass is 10.3. The van der Waals surface area contributed by atoms with E-state index in [0.717, 1.165) is 22.1 Å². The molecule has 1 aromatic carbocycles. The van der Waals surface area contributed by atoms with Crippen LogP contribution < -0.4 is 5.32 Å². The van der Waals surface area contributed by atoms with Crippen LogP contribution in [0.4, 0.5) is 0 Å². The van der Waals surface area contributed by atoms with Gasteiger partial charge in [0, 0.05) is 28.2 Å². The van der Waals surface area contributed by atoms with Gasteiger partial charge in [-0.25, -0.2) is 4.98 Å². The molecule has 0 aliphatic heterocycles. The van der Waals surface area contributed by atoms with Gasteiger partial charge in [0.1, 0.15) is 5.03 Å². The van der Waals surface area contributed by atoms with Crippen LogP contribution in [0.15, 0.2) is 57.0 Å². The lowest BCUT2D eigenvalue weighted by molar-refractivity contribution is 0.685. The van der Waals surface area contributed by atoms with Gasteiger partial charge in [-0.2, -0.15) is 0 Å². The molecule has 1 aromatic heterocycles. The van der Waals surface area contributed by atoms with Crippen LogP contribution >= 0.6 is 27.7 Å². The molecular formula is C15H15BrN2S. The van der Waals surface area contributed by atoms with E-state index in [4.69, 9.17) is 0 Å². The number of aromatic nitrogens is 1. The maximum Gasteiger partial charge on any atom is 0.101 e. The van der Waals surface area contributed by atoms with Crippen molar-refractivity contribution < 1.29 is 0 Å². The summed E-state index contributed by atoms with van der Waals surface area (Å²) in [7, 11) is 0. The number of rotatable bonds is 5. The number of nitrogens with one attached hydrogen (secondary N) is 1. The topological polar surface area (TPSA) is 24.9 Å². The highest BCUT2D eigenvalue weighted by Crippen LogP contribution is 2.28. The standard InChI is InChI=1S/C15H15BrN2S/c16-12-2-1-3-14(8-12)19-15-7-4-11(10-18-15)9-17-13-5-6-13/h1-4,7-8,10,13,17H,5-6,9H2. The van der Waals surface area contributed by atoms with Crippen LogP contribution in [0.2, 0.25) is 0 Å². The number of nitrogens with zero attached hydrogens (tertiary/aromatic N) is 1. The fourth-order valence-corrected chi connectivity index (χ4v) is 3.14. The smallest absolute Gasteiger partial charge is 0.101 e. The minimum absolute atomic E-state index is 0.746. The molecule has 0 amide bonds. The van der Waals surface area contributed by atoms with E-state index in [-0.39, 0.29) is 0 Å². The molecule has 0 radical (unpaired) electrons. The summed E-state index contributed by atoms with van der Waals surface area (Å²) in [5.74, 6) is 0. The van der Waals surface area contributed by atoms with E-state index in [1.54, 1.807) is 11.8 Å². The quantitative estimate of drug-likeness (QED) is 0.884. The predicted molar refractivity (Wildman–Crippen MR) is 82.4 cm³/mol. The molecule has 2 nitrogen and oxygen atoms in total. The molecule has 1 saturated carbocycles. The van der Waals surface area contributed by atoms with Gasteiger partial charge in [0.05, 0.1) is 0 Å². The van der Waals surface area contributed by atoms with E-state index in [0.29, 0.717) is 0 Å². The summed E-state index contributed by atoms with van der Waals surface area (Å²) in [6.45, 7) is 0.930. The number of halogens is 1. The first-order valence-corrected chi connectivity index (χ1v) is 8.02. The van der Waals surface area contributed by atoms with Gasteiger partial charge in [0.15, 0.2) is 0 Å². The number of hydrogen-bond donors (Lipinski definition) is 1. The fourth-order valence-electron chi connectivity index (χ4n) is 1.78. The van der Waals surface area contributed by atoms with Gasteiger partial charge in [0.25, 0.3) is 0 Å². The molecule has 0 unspecified atom stereocenters. The predicted octanol–water partition coefficient (Wildman–Crippen LogP) is 4.25. The van der Waals surface area contributed by atoms with E-state index >= 15 is 0 Å². The SMILES string of the molecule is Brc1cccc(Sc2ccc(CNC3CC3)cn2)c1. The van der Waals surface area contributed by atoms with Crippen molar-refractivity contribution in [2.45, 2.75) is 35.3 Å². The summed E-state index contributed by atoms with van der Waals surface area (Å²) in [6.07, 6.45) is 4.62.